The molecule has 40 heavy (non-hydrogen) atoms. The van der Waals surface area contributed by atoms with Crippen molar-refractivity contribution in [3.05, 3.63) is 83.6 Å². The van der Waals surface area contributed by atoms with Crippen LogP contribution in [0.5, 0.6) is 0 Å². The fourth-order valence-electron chi connectivity index (χ4n) is 5.35. The maximum atomic E-state index is 13.0. The van der Waals surface area contributed by atoms with Crippen molar-refractivity contribution in [1.29, 1.82) is 5.26 Å². The van der Waals surface area contributed by atoms with Gasteiger partial charge in [-0.3, -0.25) is 0 Å². The van der Waals surface area contributed by atoms with E-state index in [0.717, 1.165) is 77.7 Å². The van der Waals surface area contributed by atoms with Gasteiger partial charge in [-0.2, -0.15) is 18.4 Å². The summed E-state index contributed by atoms with van der Waals surface area (Å²) in [5.74, 6) is 1.71. The normalized spacial score (nSPS) is 15.3. The minimum Gasteiger partial charge on any atom is -0.356 e. The van der Waals surface area contributed by atoms with E-state index in [1.807, 2.05) is 25.1 Å². The Morgan fingerprint density at radius 1 is 0.950 bits per heavy atom. The zero-order valence-electron chi connectivity index (χ0n) is 22.0. The number of alkyl halides is 3. The topological polar surface area (TPSA) is 97.3 Å². The minimum absolute atomic E-state index is 0.219. The molecular formula is C30H26F3N7. The number of anilines is 1. The Labute approximate surface area is 228 Å². The predicted molar refractivity (Wildman–Crippen MR) is 147 cm³/mol. The van der Waals surface area contributed by atoms with E-state index < -0.39 is 11.7 Å². The van der Waals surface area contributed by atoms with Crippen molar-refractivity contribution in [2.45, 2.75) is 38.3 Å². The Bertz CT molecular complexity index is 1720. The largest absolute Gasteiger partial charge is 0.416 e. The summed E-state index contributed by atoms with van der Waals surface area (Å²) in [6, 6.07) is 16.7. The molecule has 1 fully saturated rings. The van der Waals surface area contributed by atoms with Gasteiger partial charge in [0.25, 0.3) is 0 Å². The molecule has 2 aromatic carbocycles. The molecule has 6 rings (SSSR count). The molecule has 0 spiro atoms. The first-order chi connectivity index (χ1) is 19.1. The number of rotatable bonds is 4. The lowest BCUT2D eigenvalue weighted by atomic mass is 9.79. The number of aromatic amines is 2. The Hall–Kier alpha value is -4.65. The maximum Gasteiger partial charge on any atom is 0.416 e. The monoisotopic (exact) mass is 541 g/mol. The lowest BCUT2D eigenvalue weighted by molar-refractivity contribution is -0.137. The van der Waals surface area contributed by atoms with Gasteiger partial charge in [0.05, 0.1) is 28.3 Å². The highest BCUT2D eigenvalue weighted by molar-refractivity contribution is 5.92. The molecule has 0 atom stereocenters. The summed E-state index contributed by atoms with van der Waals surface area (Å²) in [6.07, 6.45) is -1.15. The van der Waals surface area contributed by atoms with Gasteiger partial charge in [-0.05, 0) is 55.7 Å². The van der Waals surface area contributed by atoms with Crippen LogP contribution in [0.3, 0.4) is 0 Å². The van der Waals surface area contributed by atoms with Crippen LogP contribution in [0.2, 0.25) is 0 Å². The molecule has 0 saturated carbocycles. The highest BCUT2D eigenvalue weighted by atomic mass is 19.4. The average molecular weight is 542 g/mol. The Balaban J connectivity index is 1.22. The summed E-state index contributed by atoms with van der Waals surface area (Å²) in [7, 11) is 0. The van der Waals surface area contributed by atoms with E-state index >= 15 is 0 Å². The fourth-order valence-corrected chi connectivity index (χ4v) is 5.35. The van der Waals surface area contributed by atoms with Gasteiger partial charge in [-0.25, -0.2) is 15.0 Å². The third-order valence-corrected chi connectivity index (χ3v) is 7.84. The minimum atomic E-state index is -4.37. The number of imidazole rings is 1. The summed E-state index contributed by atoms with van der Waals surface area (Å²) < 4.78 is 39.0. The summed E-state index contributed by atoms with van der Waals surface area (Å²) in [4.78, 5) is 22.9. The van der Waals surface area contributed by atoms with E-state index in [2.05, 4.69) is 37.8 Å². The second kappa shape index (κ2) is 9.52. The second-order valence-electron chi connectivity index (χ2n) is 10.5. The molecule has 0 aliphatic carbocycles. The van der Waals surface area contributed by atoms with Gasteiger partial charge in [-0.1, -0.05) is 31.2 Å². The third-order valence-electron chi connectivity index (χ3n) is 7.84. The van der Waals surface area contributed by atoms with Crippen LogP contribution in [-0.4, -0.2) is 38.0 Å². The molecule has 5 aromatic rings. The van der Waals surface area contributed by atoms with Crippen molar-refractivity contribution >= 4 is 16.9 Å². The number of nitrogens with zero attached hydrogens (tertiary/aromatic N) is 5. The number of nitriles is 1. The standard InChI is InChI=1S/C30H26F3N7/c1-18-25(21-7-9-22(10-8-21)30(31,32)33)39-28(37-18)29(2)11-13-40(14-12-29)27-23-15-24(38-26(23)35-17-36-27)20-5-3-19(16-34)4-6-20/h3-10,15,17H,11-14H2,1-2H3,(H,37,39)(H,35,36,38). The molecule has 0 unspecified atom stereocenters. The molecule has 7 nitrogen and oxygen atoms in total. The number of benzene rings is 2. The number of hydrogen-bond donors (Lipinski definition) is 2. The molecule has 3 aromatic heterocycles. The number of fused-ring (bicyclic) bond motifs is 1. The molecule has 2 N–H and O–H groups in total. The molecule has 10 heteroatoms. The van der Waals surface area contributed by atoms with Crippen LogP contribution in [0.15, 0.2) is 60.9 Å². The van der Waals surface area contributed by atoms with Gasteiger partial charge < -0.3 is 14.9 Å². The van der Waals surface area contributed by atoms with E-state index in [1.165, 1.54) is 12.1 Å². The van der Waals surface area contributed by atoms with Gasteiger partial charge in [0, 0.05) is 35.5 Å². The summed E-state index contributed by atoms with van der Waals surface area (Å²) in [5, 5.41) is 10.0. The average Bonchev–Trinajstić information content (AvgIpc) is 3.57. The van der Waals surface area contributed by atoms with E-state index in [0.29, 0.717) is 16.8 Å². The first kappa shape index (κ1) is 25.6. The van der Waals surface area contributed by atoms with Crippen LogP contribution in [0.25, 0.3) is 33.5 Å². The fraction of sp³-hybridized carbons (Fsp3) is 0.267. The van der Waals surface area contributed by atoms with E-state index in [4.69, 9.17) is 10.2 Å². The van der Waals surface area contributed by atoms with Crippen molar-refractivity contribution in [2.75, 3.05) is 18.0 Å². The second-order valence-corrected chi connectivity index (χ2v) is 10.5. The highest BCUT2D eigenvalue weighted by Crippen LogP contribution is 2.39. The van der Waals surface area contributed by atoms with Gasteiger partial charge in [0.1, 0.15) is 23.6 Å². The number of H-pyrrole nitrogens is 2. The number of aryl methyl sites for hydroxylation is 1. The Kier molecular flexibility index (Phi) is 6.10. The number of piperidine rings is 1. The lowest BCUT2D eigenvalue weighted by Crippen LogP contribution is -2.42. The van der Waals surface area contributed by atoms with E-state index in [9.17, 15) is 13.2 Å². The van der Waals surface area contributed by atoms with Crippen molar-refractivity contribution in [3.63, 3.8) is 0 Å². The lowest BCUT2D eigenvalue weighted by Gasteiger charge is -2.38. The van der Waals surface area contributed by atoms with Crippen molar-refractivity contribution in [1.82, 2.24) is 24.9 Å². The zero-order chi connectivity index (χ0) is 28.1. The van der Waals surface area contributed by atoms with E-state index in [-0.39, 0.29) is 5.41 Å². The zero-order valence-corrected chi connectivity index (χ0v) is 22.0. The van der Waals surface area contributed by atoms with Crippen LogP contribution in [0.4, 0.5) is 19.0 Å². The molecule has 202 valence electrons. The number of aromatic nitrogens is 5. The molecule has 0 bridgehead atoms. The SMILES string of the molecule is Cc1[nH]c(C2(C)CCN(c3ncnc4[nH]c(-c5ccc(C#N)cc5)cc34)CC2)nc1-c1ccc(C(F)(F)F)cc1. The number of hydrogen-bond acceptors (Lipinski definition) is 5. The Morgan fingerprint density at radius 3 is 2.27 bits per heavy atom. The predicted octanol–water partition coefficient (Wildman–Crippen LogP) is 6.77. The third kappa shape index (κ3) is 4.57. The number of nitrogens with one attached hydrogen (secondary N) is 2. The summed E-state index contributed by atoms with van der Waals surface area (Å²) in [5.41, 5.74) is 4.50. The Morgan fingerprint density at radius 2 is 1.62 bits per heavy atom. The van der Waals surface area contributed by atoms with Gasteiger partial charge in [0.15, 0.2) is 0 Å². The van der Waals surface area contributed by atoms with Crippen molar-refractivity contribution in [2.24, 2.45) is 0 Å². The van der Waals surface area contributed by atoms with Gasteiger partial charge >= 0.3 is 6.18 Å². The van der Waals surface area contributed by atoms with Crippen LogP contribution < -0.4 is 4.90 Å². The molecule has 1 saturated heterocycles. The van der Waals surface area contributed by atoms with Gasteiger partial charge in [-0.15, -0.1) is 0 Å². The van der Waals surface area contributed by atoms with Crippen LogP contribution in [-0.2, 0) is 11.6 Å². The molecule has 1 aliphatic rings. The molecule has 1 aliphatic heterocycles. The van der Waals surface area contributed by atoms with Crippen LogP contribution in [0, 0.1) is 18.3 Å². The maximum absolute atomic E-state index is 13.0. The van der Waals surface area contributed by atoms with Crippen molar-refractivity contribution < 1.29 is 13.2 Å². The molecule has 0 amide bonds. The quantitative estimate of drug-likeness (QED) is 0.262. The summed E-state index contributed by atoms with van der Waals surface area (Å²) in [6.45, 7) is 5.59. The van der Waals surface area contributed by atoms with E-state index in [1.54, 1.807) is 18.5 Å². The van der Waals surface area contributed by atoms with Crippen LogP contribution >= 0.6 is 0 Å². The highest BCUT2D eigenvalue weighted by Gasteiger charge is 2.36. The number of halogens is 3. The first-order valence-corrected chi connectivity index (χ1v) is 13.0. The smallest absolute Gasteiger partial charge is 0.356 e. The summed E-state index contributed by atoms with van der Waals surface area (Å²) >= 11 is 0. The van der Waals surface area contributed by atoms with Gasteiger partial charge in [0.2, 0.25) is 0 Å². The molecular weight excluding hydrogens is 515 g/mol. The first-order valence-electron chi connectivity index (χ1n) is 13.0. The molecule has 0 radical (unpaired) electrons. The van der Waals surface area contributed by atoms with Crippen LogP contribution in [0.1, 0.15) is 42.4 Å². The molecule has 4 heterocycles. The van der Waals surface area contributed by atoms with Crippen molar-refractivity contribution in [3.8, 4) is 28.6 Å².